The molecule has 1 aliphatic heterocycles. The number of nitrogens with two attached hydrogens (primary N) is 1. The number of likely N-dealkylation sites (N-methyl/N-ethyl adjacent to an activating group) is 1. The number of aliphatic hydroxyl groups is 1. The Morgan fingerprint density at radius 3 is 2.06 bits per heavy atom. The van der Waals surface area contributed by atoms with Crippen molar-refractivity contribution < 1.29 is 33.8 Å². The van der Waals surface area contributed by atoms with Gasteiger partial charge in [0.2, 0.25) is 23.6 Å². The molecule has 0 bridgehead atoms. The van der Waals surface area contributed by atoms with E-state index in [1.165, 1.54) is 13.5 Å². The Morgan fingerprint density at radius 2 is 1.56 bits per heavy atom. The zero-order valence-electron chi connectivity index (χ0n) is 34.5. The molecule has 1 saturated heterocycles. The van der Waals surface area contributed by atoms with Gasteiger partial charge in [0.15, 0.2) is 0 Å². The molecule has 0 saturated carbocycles. The van der Waals surface area contributed by atoms with Crippen LogP contribution in [0.15, 0.2) is 30.3 Å². The molecule has 9 unspecified atom stereocenters. The number of rotatable bonds is 18. The number of amides is 4. The second-order valence-corrected chi connectivity index (χ2v) is 14.0. The number of nitrogens with zero attached hydrogens (tertiary/aromatic N) is 2. The molecule has 1 aromatic rings. The first-order chi connectivity index (χ1) is 24.6. The van der Waals surface area contributed by atoms with E-state index >= 15 is 0 Å². The van der Waals surface area contributed by atoms with Gasteiger partial charge < -0.3 is 40.7 Å². The van der Waals surface area contributed by atoms with Crippen LogP contribution in [0.5, 0.6) is 0 Å². The lowest BCUT2D eigenvalue weighted by atomic mass is 9.90. The van der Waals surface area contributed by atoms with Crippen LogP contribution < -0.4 is 16.4 Å². The van der Waals surface area contributed by atoms with E-state index in [1.54, 1.807) is 37.8 Å². The van der Waals surface area contributed by atoms with Crippen molar-refractivity contribution in [2.45, 2.75) is 144 Å². The molecule has 0 spiro atoms. The molecule has 5 N–H and O–H groups in total. The minimum atomic E-state index is -0.874. The van der Waals surface area contributed by atoms with Gasteiger partial charge in [-0.05, 0) is 37.2 Å². The maximum Gasteiger partial charge on any atom is 0.242 e. The Labute approximate surface area is 314 Å². The number of carbonyl (C=O) groups excluding carboxylic acids is 4. The predicted molar refractivity (Wildman–Crippen MR) is 208 cm³/mol. The number of aliphatic hydroxyl groups excluding tert-OH is 1. The first kappa shape index (κ1) is 48.9. The fraction of sp³-hybridized carbons (Fsp3) is 0.750. The fourth-order valence-electron chi connectivity index (χ4n) is 6.41. The molecular formula is C40H73N5O7. The number of methoxy groups -OCH3 is 2. The van der Waals surface area contributed by atoms with Crippen molar-refractivity contribution in [2.75, 3.05) is 34.4 Å². The van der Waals surface area contributed by atoms with Crippen LogP contribution in [0.2, 0.25) is 0 Å². The summed E-state index contributed by atoms with van der Waals surface area (Å²) in [5.41, 5.74) is 6.64. The summed E-state index contributed by atoms with van der Waals surface area (Å²) in [5.74, 6) is -1.79. The summed E-state index contributed by atoms with van der Waals surface area (Å²) in [6, 6.07) is 7.14. The van der Waals surface area contributed by atoms with Gasteiger partial charge in [-0.1, -0.05) is 105 Å². The van der Waals surface area contributed by atoms with Crippen molar-refractivity contribution in [1.29, 1.82) is 0 Å². The second-order valence-electron chi connectivity index (χ2n) is 14.0. The van der Waals surface area contributed by atoms with Crippen molar-refractivity contribution in [2.24, 2.45) is 23.5 Å². The average Bonchev–Trinajstić information content (AvgIpc) is 3.63. The lowest BCUT2D eigenvalue weighted by molar-refractivity contribution is -0.146. The van der Waals surface area contributed by atoms with Gasteiger partial charge in [-0.2, -0.15) is 0 Å². The summed E-state index contributed by atoms with van der Waals surface area (Å²) in [7, 11) is 4.74. The van der Waals surface area contributed by atoms with Gasteiger partial charge in [-0.25, -0.2) is 0 Å². The van der Waals surface area contributed by atoms with E-state index in [0.29, 0.717) is 18.5 Å². The molecule has 52 heavy (non-hydrogen) atoms. The summed E-state index contributed by atoms with van der Waals surface area (Å²) >= 11 is 0. The van der Waals surface area contributed by atoms with Gasteiger partial charge in [-0.3, -0.25) is 19.2 Å². The van der Waals surface area contributed by atoms with Crippen LogP contribution in [0.3, 0.4) is 0 Å². The molecule has 1 aromatic carbocycles. The summed E-state index contributed by atoms with van der Waals surface area (Å²) in [5, 5.41) is 16.3. The third-order valence-corrected chi connectivity index (χ3v) is 9.72. The van der Waals surface area contributed by atoms with Crippen LogP contribution in [0, 0.1) is 17.8 Å². The summed E-state index contributed by atoms with van der Waals surface area (Å²) < 4.78 is 11.7. The van der Waals surface area contributed by atoms with Gasteiger partial charge in [0.25, 0.3) is 0 Å². The van der Waals surface area contributed by atoms with Crippen LogP contribution in [0.25, 0.3) is 0 Å². The molecule has 1 heterocycles. The van der Waals surface area contributed by atoms with Gasteiger partial charge in [0.1, 0.15) is 0 Å². The van der Waals surface area contributed by atoms with E-state index in [1.807, 2.05) is 71.9 Å². The number of nitrogens with one attached hydrogen (secondary N) is 2. The summed E-state index contributed by atoms with van der Waals surface area (Å²) in [6.45, 7) is 19.8. The van der Waals surface area contributed by atoms with Crippen LogP contribution >= 0.6 is 0 Å². The third-order valence-electron chi connectivity index (χ3n) is 9.72. The molecule has 1 aliphatic rings. The van der Waals surface area contributed by atoms with E-state index in [2.05, 4.69) is 24.5 Å². The molecule has 300 valence electrons. The number of likely N-dealkylation sites (tertiary alicyclic amines) is 1. The zero-order chi connectivity index (χ0) is 40.1. The number of ether oxygens (including phenoxy) is 2. The van der Waals surface area contributed by atoms with Crippen LogP contribution in [-0.2, 0) is 28.7 Å². The van der Waals surface area contributed by atoms with E-state index < -0.39 is 48.3 Å². The first-order valence-electron chi connectivity index (χ1n) is 19.3. The highest BCUT2D eigenvalue weighted by molar-refractivity contribution is 5.87. The highest BCUT2D eigenvalue weighted by Gasteiger charge is 2.42. The molecule has 12 nitrogen and oxygen atoms in total. The standard InChI is InChI=1S/C35H59N5O7.C3H8.C2H6/c1-10-22(4)31(39(7)29(42)20-37-35(45)30(36)21(2)3)27(46-8)19-28(41)40-18-14-17-26(40)33(47-9)23(5)34(44)38-24(6)32(43)25-15-12-11-13-16-25;1-3-2;1-2/h11-13,15-16,21-24,26-27,30-33,43H,10,14,17-20,36H2,1-9H3,(H,37,45)(H,38,44);3H2,1-2H3;1-2H3. The van der Waals surface area contributed by atoms with Crippen LogP contribution in [-0.4, -0.2) is 109 Å². The topological polar surface area (TPSA) is 164 Å². The predicted octanol–water partition coefficient (Wildman–Crippen LogP) is 4.69. The Kier molecular flexibility index (Phi) is 24.3. The largest absolute Gasteiger partial charge is 0.386 e. The van der Waals surface area contributed by atoms with Crippen molar-refractivity contribution >= 4 is 23.6 Å². The number of carbonyl (C=O) groups is 4. The molecule has 4 amide bonds. The number of benzene rings is 1. The molecule has 2 rings (SSSR count). The normalized spacial score (nSPS) is 18.5. The van der Waals surface area contributed by atoms with Crippen molar-refractivity contribution in [3.63, 3.8) is 0 Å². The van der Waals surface area contributed by atoms with E-state index in [0.717, 1.165) is 12.8 Å². The van der Waals surface area contributed by atoms with Gasteiger partial charge in [0, 0.05) is 27.8 Å². The molecule has 9 atom stereocenters. The number of hydrogen-bond donors (Lipinski definition) is 4. The van der Waals surface area contributed by atoms with E-state index in [-0.39, 0.29) is 48.6 Å². The molecule has 0 aromatic heterocycles. The van der Waals surface area contributed by atoms with Gasteiger partial charge in [0.05, 0.1) is 61.4 Å². The van der Waals surface area contributed by atoms with Gasteiger partial charge >= 0.3 is 0 Å². The monoisotopic (exact) mass is 736 g/mol. The summed E-state index contributed by atoms with van der Waals surface area (Å²) in [4.78, 5) is 56.2. The zero-order valence-corrected chi connectivity index (χ0v) is 34.5. The number of hydrogen-bond acceptors (Lipinski definition) is 8. The highest BCUT2D eigenvalue weighted by atomic mass is 16.5. The second kappa shape index (κ2) is 25.8. The third kappa shape index (κ3) is 14.8. The van der Waals surface area contributed by atoms with Crippen molar-refractivity contribution in [3.8, 4) is 0 Å². The molecular weight excluding hydrogens is 662 g/mol. The Balaban J connectivity index is 0.00000493. The molecule has 0 radical (unpaired) electrons. The maximum absolute atomic E-state index is 13.9. The van der Waals surface area contributed by atoms with Crippen LogP contribution in [0.4, 0.5) is 0 Å². The highest BCUT2D eigenvalue weighted by Crippen LogP contribution is 2.29. The van der Waals surface area contributed by atoms with Gasteiger partial charge in [-0.15, -0.1) is 0 Å². The Morgan fingerprint density at radius 1 is 0.981 bits per heavy atom. The molecule has 0 aliphatic carbocycles. The fourth-order valence-corrected chi connectivity index (χ4v) is 6.41. The van der Waals surface area contributed by atoms with E-state index in [4.69, 9.17) is 15.2 Å². The van der Waals surface area contributed by atoms with E-state index in [9.17, 15) is 24.3 Å². The average molecular weight is 736 g/mol. The summed E-state index contributed by atoms with van der Waals surface area (Å²) in [6.07, 6.45) is 1.40. The Hall–Kier alpha value is -3.06. The Bertz CT molecular complexity index is 1170. The quantitative estimate of drug-likeness (QED) is 0.169. The minimum Gasteiger partial charge on any atom is -0.386 e. The molecule has 1 fully saturated rings. The van der Waals surface area contributed by atoms with Crippen LogP contribution in [0.1, 0.15) is 113 Å². The lowest BCUT2D eigenvalue weighted by Crippen LogP contribution is -2.55. The smallest absolute Gasteiger partial charge is 0.242 e. The first-order valence-corrected chi connectivity index (χ1v) is 19.3. The minimum absolute atomic E-state index is 0.00614. The SMILES string of the molecule is CC.CCC.CCC(C)C(C(CC(=O)N1CCCC1C(OC)C(C)C(=O)NC(C)C(O)c1ccccc1)OC)N(C)C(=O)CNC(=O)C(N)C(C)C. The maximum atomic E-state index is 13.9. The lowest BCUT2D eigenvalue weighted by Gasteiger charge is -2.39. The van der Waals surface area contributed by atoms with Crippen molar-refractivity contribution in [1.82, 2.24) is 20.4 Å². The molecule has 12 heteroatoms. The van der Waals surface area contributed by atoms with Crippen molar-refractivity contribution in [3.05, 3.63) is 35.9 Å².